The van der Waals surface area contributed by atoms with E-state index in [2.05, 4.69) is 39.0 Å². The van der Waals surface area contributed by atoms with Gasteiger partial charge in [-0.25, -0.2) is 4.39 Å². The second-order valence-electron chi connectivity index (χ2n) is 12.6. The van der Waals surface area contributed by atoms with Gasteiger partial charge in [0.05, 0.1) is 19.1 Å². The maximum absolute atomic E-state index is 15.0. The van der Waals surface area contributed by atoms with Gasteiger partial charge in [0.15, 0.2) is 0 Å². The van der Waals surface area contributed by atoms with Gasteiger partial charge in [0.1, 0.15) is 18.2 Å². The Morgan fingerprint density at radius 1 is 1.02 bits per heavy atom. The number of fused-ring (bicyclic) bond motifs is 2. The lowest BCUT2D eigenvalue weighted by molar-refractivity contribution is -0.153. The van der Waals surface area contributed by atoms with Gasteiger partial charge in [0.2, 0.25) is 0 Å². The van der Waals surface area contributed by atoms with Crippen molar-refractivity contribution in [1.82, 2.24) is 0 Å². The fourth-order valence-electron chi connectivity index (χ4n) is 6.92. The van der Waals surface area contributed by atoms with Gasteiger partial charge in [-0.1, -0.05) is 50.6 Å². The van der Waals surface area contributed by atoms with Crippen molar-refractivity contribution in [2.24, 2.45) is 11.3 Å². The predicted molar refractivity (Wildman–Crippen MR) is 156 cm³/mol. The minimum absolute atomic E-state index is 0.0766. The van der Waals surface area contributed by atoms with Crippen LogP contribution in [0.3, 0.4) is 0 Å². The standard InChI is InChI=1S/C35H41FO4/c1-22-9-14-31(36)27(18-22)26-13-10-23(19-28(26)32(38-5)34(2,3)4)21-40-25-12-11-24-8-7-16-35(30(24)20-25)17-15-29(35)33(37)39-6/h9-14,18-20,29,32H,7-8,15-17,21H2,1-6H3/t29-,32-,35+/m1/s1. The highest BCUT2D eigenvalue weighted by Gasteiger charge is 2.53. The summed E-state index contributed by atoms with van der Waals surface area (Å²) < 4.78 is 32.5. The molecule has 1 spiro atoms. The Morgan fingerprint density at radius 3 is 2.50 bits per heavy atom. The first-order valence-corrected chi connectivity index (χ1v) is 14.3. The minimum Gasteiger partial charge on any atom is -0.489 e. The molecule has 3 aromatic carbocycles. The molecule has 3 aromatic rings. The highest BCUT2D eigenvalue weighted by molar-refractivity contribution is 5.76. The molecule has 5 rings (SSSR count). The first-order chi connectivity index (χ1) is 19.1. The maximum atomic E-state index is 15.0. The summed E-state index contributed by atoms with van der Waals surface area (Å²) in [4.78, 5) is 12.5. The van der Waals surface area contributed by atoms with Gasteiger partial charge in [0.25, 0.3) is 0 Å². The summed E-state index contributed by atoms with van der Waals surface area (Å²) in [6, 6.07) is 17.6. The first kappa shape index (κ1) is 28.4. The Morgan fingerprint density at radius 2 is 1.82 bits per heavy atom. The van der Waals surface area contributed by atoms with Gasteiger partial charge in [-0.3, -0.25) is 4.79 Å². The summed E-state index contributed by atoms with van der Waals surface area (Å²) in [6.45, 7) is 8.74. The SMILES string of the molecule is COC(=O)[C@H]1CC[C@@]12CCCc1ccc(OCc3ccc(-c4cc(C)ccc4F)c([C@@H](OC)C(C)(C)C)c3)cc12. The quantitative estimate of drug-likeness (QED) is 0.281. The number of aryl methyl sites for hydroxylation is 2. The summed E-state index contributed by atoms with van der Waals surface area (Å²) >= 11 is 0. The van der Waals surface area contributed by atoms with Crippen LogP contribution in [0.4, 0.5) is 4.39 Å². The van der Waals surface area contributed by atoms with E-state index in [4.69, 9.17) is 14.2 Å². The van der Waals surface area contributed by atoms with Crippen LogP contribution in [-0.4, -0.2) is 20.2 Å². The highest BCUT2D eigenvalue weighted by Crippen LogP contribution is 2.56. The van der Waals surface area contributed by atoms with Gasteiger partial charge < -0.3 is 14.2 Å². The van der Waals surface area contributed by atoms with Crippen molar-refractivity contribution in [3.8, 4) is 16.9 Å². The van der Waals surface area contributed by atoms with Crippen molar-refractivity contribution in [2.75, 3.05) is 14.2 Å². The number of benzene rings is 3. The molecule has 0 bridgehead atoms. The van der Waals surface area contributed by atoms with Gasteiger partial charge in [-0.15, -0.1) is 0 Å². The molecule has 0 saturated heterocycles. The number of methoxy groups -OCH3 is 2. The Hall–Kier alpha value is -3.18. The first-order valence-electron chi connectivity index (χ1n) is 14.3. The molecule has 0 N–H and O–H groups in total. The predicted octanol–water partition coefficient (Wildman–Crippen LogP) is 8.27. The van der Waals surface area contributed by atoms with E-state index >= 15 is 4.39 Å². The molecular formula is C35H41FO4. The summed E-state index contributed by atoms with van der Waals surface area (Å²) in [5.41, 5.74) is 6.58. The second kappa shape index (κ2) is 11.0. The number of hydrogen-bond acceptors (Lipinski definition) is 4. The van der Waals surface area contributed by atoms with Gasteiger partial charge in [-0.2, -0.15) is 0 Å². The Balaban J connectivity index is 1.46. The monoisotopic (exact) mass is 544 g/mol. The fourth-order valence-corrected chi connectivity index (χ4v) is 6.92. The molecule has 40 heavy (non-hydrogen) atoms. The zero-order valence-electron chi connectivity index (χ0n) is 24.6. The molecule has 0 amide bonds. The van der Waals surface area contributed by atoms with E-state index in [1.165, 1.54) is 24.3 Å². The van der Waals surface area contributed by atoms with E-state index in [0.29, 0.717) is 12.2 Å². The van der Waals surface area contributed by atoms with Crippen molar-refractivity contribution in [3.63, 3.8) is 0 Å². The van der Waals surface area contributed by atoms with Crippen molar-refractivity contribution in [1.29, 1.82) is 0 Å². The number of carbonyl (C=O) groups excluding carboxylic acids is 1. The molecule has 0 unspecified atom stereocenters. The Bertz CT molecular complexity index is 1400. The minimum atomic E-state index is -0.246. The van der Waals surface area contributed by atoms with Crippen LogP contribution in [0.5, 0.6) is 5.75 Å². The molecule has 3 atom stereocenters. The van der Waals surface area contributed by atoms with Gasteiger partial charge >= 0.3 is 5.97 Å². The van der Waals surface area contributed by atoms with E-state index in [9.17, 15) is 4.79 Å². The van der Waals surface area contributed by atoms with Crippen molar-refractivity contribution in [3.05, 3.63) is 88.2 Å². The van der Waals surface area contributed by atoms with Crippen LogP contribution >= 0.6 is 0 Å². The summed E-state index contributed by atoms with van der Waals surface area (Å²) in [5.74, 6) is 0.371. The van der Waals surface area contributed by atoms with Gasteiger partial charge in [-0.05, 0) is 103 Å². The van der Waals surface area contributed by atoms with Crippen LogP contribution in [0, 0.1) is 24.1 Å². The zero-order valence-corrected chi connectivity index (χ0v) is 24.6. The van der Waals surface area contributed by atoms with Crippen LogP contribution in [-0.2, 0) is 32.7 Å². The molecule has 0 radical (unpaired) electrons. The molecule has 5 heteroatoms. The molecule has 4 nitrogen and oxygen atoms in total. The molecule has 212 valence electrons. The van der Waals surface area contributed by atoms with Crippen molar-refractivity contribution in [2.45, 2.75) is 77.9 Å². The molecule has 2 aliphatic rings. The lowest BCUT2D eigenvalue weighted by atomic mass is 9.52. The fraction of sp³-hybridized carbons (Fsp3) is 0.457. The van der Waals surface area contributed by atoms with Crippen LogP contribution in [0.25, 0.3) is 11.1 Å². The number of rotatable bonds is 7. The number of hydrogen-bond donors (Lipinski definition) is 0. The van der Waals surface area contributed by atoms with Crippen LogP contribution in [0.15, 0.2) is 54.6 Å². The molecule has 1 saturated carbocycles. The number of halogens is 1. The lowest BCUT2D eigenvalue weighted by Crippen LogP contribution is -2.50. The molecule has 2 aliphatic carbocycles. The third-order valence-electron chi connectivity index (χ3n) is 8.96. The van der Waals surface area contributed by atoms with E-state index in [1.54, 1.807) is 13.2 Å². The summed E-state index contributed by atoms with van der Waals surface area (Å²) in [7, 11) is 3.19. The highest BCUT2D eigenvalue weighted by atomic mass is 19.1. The zero-order chi connectivity index (χ0) is 28.7. The van der Waals surface area contributed by atoms with Crippen molar-refractivity contribution >= 4 is 5.97 Å². The molecule has 0 aromatic heterocycles. The van der Waals surface area contributed by atoms with E-state index < -0.39 is 0 Å². The molecular weight excluding hydrogens is 503 g/mol. The topological polar surface area (TPSA) is 44.8 Å². The third kappa shape index (κ3) is 5.16. The average Bonchev–Trinajstić information content (AvgIpc) is 2.92. The molecule has 1 fully saturated rings. The average molecular weight is 545 g/mol. The smallest absolute Gasteiger partial charge is 0.309 e. The van der Waals surface area contributed by atoms with Gasteiger partial charge in [0, 0.05) is 18.1 Å². The normalized spacial score (nSPS) is 20.9. The maximum Gasteiger partial charge on any atom is 0.309 e. The molecule has 0 aliphatic heterocycles. The Kier molecular flexibility index (Phi) is 7.80. The number of ether oxygens (including phenoxy) is 3. The van der Waals surface area contributed by atoms with E-state index in [0.717, 1.165) is 60.1 Å². The number of esters is 1. The lowest BCUT2D eigenvalue weighted by Gasteiger charge is -2.51. The van der Waals surface area contributed by atoms with Crippen LogP contribution < -0.4 is 4.74 Å². The van der Waals surface area contributed by atoms with E-state index in [1.807, 2.05) is 31.2 Å². The third-order valence-corrected chi connectivity index (χ3v) is 8.96. The van der Waals surface area contributed by atoms with Crippen LogP contribution in [0.2, 0.25) is 0 Å². The van der Waals surface area contributed by atoms with Crippen LogP contribution in [0.1, 0.15) is 80.4 Å². The molecule has 0 heterocycles. The number of carbonyl (C=O) groups is 1. The summed E-state index contributed by atoms with van der Waals surface area (Å²) in [5, 5.41) is 0. The largest absolute Gasteiger partial charge is 0.489 e. The second-order valence-corrected chi connectivity index (χ2v) is 12.6. The van der Waals surface area contributed by atoms with E-state index in [-0.39, 0.29) is 34.6 Å². The van der Waals surface area contributed by atoms with Crippen molar-refractivity contribution < 1.29 is 23.4 Å². The Labute approximate surface area is 237 Å². The summed E-state index contributed by atoms with van der Waals surface area (Å²) in [6.07, 6.45) is 4.77.